The van der Waals surface area contributed by atoms with E-state index in [4.69, 9.17) is 14.7 Å². The molecule has 2 aromatic carbocycles. The number of amides is 1. The van der Waals surface area contributed by atoms with E-state index in [2.05, 4.69) is 89.7 Å². The summed E-state index contributed by atoms with van der Waals surface area (Å²) in [5.74, 6) is 0.752. The van der Waals surface area contributed by atoms with Gasteiger partial charge in [-0.05, 0) is 63.4 Å². The van der Waals surface area contributed by atoms with Crippen LogP contribution in [0.3, 0.4) is 0 Å². The van der Waals surface area contributed by atoms with Gasteiger partial charge in [0.1, 0.15) is 5.82 Å². The number of hydrogen-bond acceptors (Lipinski definition) is 9. The van der Waals surface area contributed by atoms with Crippen LogP contribution in [-0.4, -0.2) is 109 Å². The molecule has 246 valence electrons. The summed E-state index contributed by atoms with van der Waals surface area (Å²) < 4.78 is 6.52. The van der Waals surface area contributed by atoms with Crippen LogP contribution in [0, 0.1) is 23.7 Å². The van der Waals surface area contributed by atoms with E-state index in [1.54, 1.807) is 4.90 Å². The van der Waals surface area contributed by atoms with Gasteiger partial charge >= 0.3 is 6.01 Å². The van der Waals surface area contributed by atoms with Gasteiger partial charge in [-0.3, -0.25) is 9.69 Å². The van der Waals surface area contributed by atoms with E-state index in [0.29, 0.717) is 44.8 Å². The van der Waals surface area contributed by atoms with Crippen molar-refractivity contribution >= 4 is 28.2 Å². The highest BCUT2D eigenvalue weighted by Gasteiger charge is 2.47. The maximum absolute atomic E-state index is 12.6. The Kier molecular flexibility index (Phi) is 8.54. The predicted molar refractivity (Wildman–Crippen MR) is 185 cm³/mol. The molecule has 0 bridgehead atoms. The number of aromatic nitrogens is 2. The number of fused-ring (bicyclic) bond motifs is 2. The van der Waals surface area contributed by atoms with Crippen molar-refractivity contribution < 1.29 is 9.53 Å². The number of carbonyl (C=O) groups is 1. The molecule has 10 heteroatoms. The molecule has 0 radical (unpaired) electrons. The van der Waals surface area contributed by atoms with Crippen LogP contribution in [0.5, 0.6) is 6.01 Å². The first-order valence-corrected chi connectivity index (χ1v) is 17.0. The van der Waals surface area contributed by atoms with E-state index in [0.717, 1.165) is 62.5 Å². The second kappa shape index (κ2) is 12.8. The van der Waals surface area contributed by atoms with Crippen LogP contribution in [0.2, 0.25) is 0 Å². The topological polar surface area (TPSA) is 92.1 Å². The number of anilines is 2. The molecule has 7 rings (SSSR count). The third-order valence-corrected chi connectivity index (χ3v) is 10.7. The number of hydrogen-bond donors (Lipinski definition) is 0. The molecule has 3 fully saturated rings. The van der Waals surface area contributed by atoms with Crippen molar-refractivity contribution in [3.05, 3.63) is 65.9 Å². The Hall–Kier alpha value is -4.20. The fraction of sp³-hybridized carbons (Fsp3) is 0.514. The minimum Gasteiger partial charge on any atom is -0.463 e. The average molecular weight is 635 g/mol. The zero-order valence-electron chi connectivity index (χ0n) is 28.0. The fourth-order valence-electron chi connectivity index (χ4n) is 7.64. The summed E-state index contributed by atoms with van der Waals surface area (Å²) in [4.78, 5) is 34.1. The summed E-state index contributed by atoms with van der Waals surface area (Å²) in [6, 6.07) is 16.1. The lowest BCUT2D eigenvalue weighted by molar-refractivity contribution is -0.128. The number of piperazine rings is 1. The molecular formula is C37H46N8O2. The van der Waals surface area contributed by atoms with Crippen molar-refractivity contribution in [3.8, 4) is 12.1 Å². The number of likely N-dealkylation sites (N-methyl/N-ethyl adjacent to an activating group) is 1. The first kappa shape index (κ1) is 31.4. The number of benzene rings is 2. The Morgan fingerprint density at radius 2 is 1.89 bits per heavy atom. The Morgan fingerprint density at radius 1 is 1.11 bits per heavy atom. The van der Waals surface area contributed by atoms with E-state index < -0.39 is 0 Å². The van der Waals surface area contributed by atoms with Crippen molar-refractivity contribution in [2.75, 3.05) is 76.3 Å². The molecule has 3 aliphatic heterocycles. The molecule has 1 unspecified atom stereocenters. The molecule has 1 atom stereocenters. The highest BCUT2D eigenvalue weighted by Crippen LogP contribution is 2.47. The van der Waals surface area contributed by atoms with Gasteiger partial charge in [-0.1, -0.05) is 36.9 Å². The molecule has 1 amide bonds. The smallest absolute Gasteiger partial charge is 0.318 e. The van der Waals surface area contributed by atoms with Crippen molar-refractivity contribution in [2.45, 2.75) is 51.2 Å². The Balaban J connectivity index is 1.17. The van der Waals surface area contributed by atoms with Gasteiger partial charge in [0.25, 0.3) is 0 Å². The summed E-state index contributed by atoms with van der Waals surface area (Å²) in [5, 5.41) is 12.1. The number of nitrogens with zero attached hydrogens (tertiary/aromatic N) is 8. The number of ether oxygens (including phenoxy) is 1. The minimum atomic E-state index is -0.231. The lowest BCUT2D eigenvalue weighted by atomic mass is 9.99. The number of rotatable bonds is 10. The molecule has 3 aromatic rings. The van der Waals surface area contributed by atoms with Gasteiger partial charge in [-0.2, -0.15) is 15.2 Å². The van der Waals surface area contributed by atoms with Crippen molar-refractivity contribution in [1.82, 2.24) is 24.7 Å². The normalized spacial score (nSPS) is 20.9. The minimum absolute atomic E-state index is 0.131. The Labute approximate surface area is 278 Å². The van der Waals surface area contributed by atoms with Crippen LogP contribution in [0.25, 0.3) is 10.8 Å². The second-order valence-electron chi connectivity index (χ2n) is 14.2. The van der Waals surface area contributed by atoms with Gasteiger partial charge in [0.2, 0.25) is 5.91 Å². The SMILES string of the molecule is C=CC(=O)N1CCN(c2nc(OCC3(CN4CC(N(C)C)C4)CC3)nc3c2CCN(c2cccc4cccc(C)c24)C3)CC1CC#N. The van der Waals surface area contributed by atoms with E-state index in [1.165, 1.54) is 28.1 Å². The van der Waals surface area contributed by atoms with Crippen molar-refractivity contribution in [2.24, 2.45) is 5.41 Å². The van der Waals surface area contributed by atoms with Gasteiger partial charge in [-0.15, -0.1) is 0 Å². The molecule has 4 heterocycles. The van der Waals surface area contributed by atoms with E-state index in [9.17, 15) is 10.1 Å². The molecule has 1 saturated carbocycles. The van der Waals surface area contributed by atoms with E-state index in [-0.39, 0.29) is 23.8 Å². The Morgan fingerprint density at radius 3 is 2.62 bits per heavy atom. The summed E-state index contributed by atoms with van der Waals surface area (Å²) in [7, 11) is 4.32. The van der Waals surface area contributed by atoms with Crippen LogP contribution in [-0.2, 0) is 17.8 Å². The fourth-order valence-corrected chi connectivity index (χ4v) is 7.64. The molecule has 1 aromatic heterocycles. The highest BCUT2D eigenvalue weighted by atomic mass is 16.5. The lowest BCUT2D eigenvalue weighted by Crippen LogP contribution is -2.58. The number of carbonyl (C=O) groups excluding carboxylic acids is 1. The monoisotopic (exact) mass is 634 g/mol. The zero-order valence-corrected chi connectivity index (χ0v) is 28.0. The maximum atomic E-state index is 12.6. The van der Waals surface area contributed by atoms with E-state index >= 15 is 0 Å². The standard InChI is InChI=1S/C37H46N8O2/c1-5-33(46)45-19-18-44(22-28(45)12-16-38)35-30-13-17-43(32-11-7-10-27-9-6-8-26(2)34(27)32)23-31(30)39-36(40-35)47-25-37(14-15-37)24-42-20-29(21-42)41(3)4/h5-11,28-29H,1,12-15,17-25H2,2-4H3. The second-order valence-corrected chi connectivity index (χ2v) is 14.2. The summed E-state index contributed by atoms with van der Waals surface area (Å²) in [6.45, 7) is 12.9. The lowest BCUT2D eigenvalue weighted by Gasteiger charge is -2.44. The van der Waals surface area contributed by atoms with Gasteiger partial charge in [0.15, 0.2) is 0 Å². The van der Waals surface area contributed by atoms with Gasteiger partial charge in [0.05, 0.1) is 37.4 Å². The quantitative estimate of drug-likeness (QED) is 0.307. The van der Waals surface area contributed by atoms with Crippen molar-refractivity contribution in [3.63, 3.8) is 0 Å². The molecular weight excluding hydrogens is 588 g/mol. The summed E-state index contributed by atoms with van der Waals surface area (Å²) in [5.41, 5.74) is 4.78. The number of likely N-dealkylation sites (tertiary alicyclic amines) is 1. The molecule has 10 nitrogen and oxygen atoms in total. The largest absolute Gasteiger partial charge is 0.463 e. The van der Waals surface area contributed by atoms with Crippen molar-refractivity contribution in [1.29, 1.82) is 5.26 Å². The predicted octanol–water partition coefficient (Wildman–Crippen LogP) is 4.02. The van der Waals surface area contributed by atoms with Crippen LogP contribution < -0.4 is 14.5 Å². The van der Waals surface area contributed by atoms with Crippen LogP contribution in [0.15, 0.2) is 49.1 Å². The zero-order chi connectivity index (χ0) is 32.7. The third kappa shape index (κ3) is 6.27. The number of nitriles is 1. The highest BCUT2D eigenvalue weighted by molar-refractivity contribution is 5.97. The summed E-state index contributed by atoms with van der Waals surface area (Å²) >= 11 is 0. The summed E-state index contributed by atoms with van der Waals surface area (Å²) in [6.07, 6.45) is 4.73. The molecule has 0 spiro atoms. The molecule has 1 aliphatic carbocycles. The molecule has 0 N–H and O–H groups in total. The van der Waals surface area contributed by atoms with Gasteiger partial charge in [-0.25, -0.2) is 0 Å². The first-order valence-electron chi connectivity index (χ1n) is 17.0. The average Bonchev–Trinajstić information content (AvgIpc) is 3.83. The van der Waals surface area contributed by atoms with Crippen LogP contribution >= 0.6 is 0 Å². The molecule has 47 heavy (non-hydrogen) atoms. The molecule has 4 aliphatic rings. The van der Waals surface area contributed by atoms with E-state index in [1.807, 2.05) is 0 Å². The third-order valence-electron chi connectivity index (χ3n) is 10.7. The van der Waals surface area contributed by atoms with Crippen LogP contribution in [0.4, 0.5) is 11.5 Å². The molecule has 2 saturated heterocycles. The van der Waals surface area contributed by atoms with Gasteiger partial charge < -0.3 is 24.3 Å². The maximum Gasteiger partial charge on any atom is 0.318 e. The number of aryl methyl sites for hydroxylation is 1. The Bertz CT molecular complexity index is 1700. The van der Waals surface area contributed by atoms with Crippen LogP contribution in [0.1, 0.15) is 36.1 Å². The first-order chi connectivity index (χ1) is 22.8. The van der Waals surface area contributed by atoms with Gasteiger partial charge in [0, 0.05) is 73.9 Å².